The van der Waals surface area contributed by atoms with E-state index in [0.29, 0.717) is 6.54 Å². The highest BCUT2D eigenvalue weighted by Crippen LogP contribution is 2.23. The number of rotatable bonds is 4. The molecule has 0 bridgehead atoms. The van der Waals surface area contributed by atoms with Crippen molar-refractivity contribution in [1.82, 2.24) is 0 Å². The molecule has 4 heteroatoms. The van der Waals surface area contributed by atoms with Crippen LogP contribution in [0, 0.1) is 5.82 Å². The summed E-state index contributed by atoms with van der Waals surface area (Å²) in [5.74, 6) is 1.36. The van der Waals surface area contributed by atoms with Crippen LogP contribution in [0.4, 0.5) is 10.1 Å². The topological polar surface area (TPSA) is 25.2 Å². The lowest BCUT2D eigenvalue weighted by molar-refractivity contribution is 0.531. The first-order valence-corrected chi connectivity index (χ1v) is 6.86. The Bertz CT molecular complexity index is 643. The SMILES string of the molecule is Fc1ccc(-c2ccc(CNc3ccsc3)o2)cc1. The first kappa shape index (κ1) is 12.0. The Morgan fingerprint density at radius 3 is 2.63 bits per heavy atom. The standard InChI is InChI=1S/C15H12FNOS/c16-12-3-1-11(2-4-12)15-6-5-14(18-15)9-17-13-7-8-19-10-13/h1-8,10,17H,9H2. The molecule has 2 nitrogen and oxygen atoms in total. The average molecular weight is 273 g/mol. The summed E-state index contributed by atoms with van der Waals surface area (Å²) in [6, 6.07) is 12.1. The molecule has 0 aliphatic heterocycles. The van der Waals surface area contributed by atoms with Crippen LogP contribution in [-0.2, 0) is 6.54 Å². The molecule has 1 aromatic carbocycles. The van der Waals surface area contributed by atoms with Crippen LogP contribution in [0.15, 0.2) is 57.6 Å². The number of hydrogen-bond donors (Lipinski definition) is 1. The third-order valence-electron chi connectivity index (χ3n) is 2.78. The smallest absolute Gasteiger partial charge is 0.134 e. The van der Waals surface area contributed by atoms with Crippen molar-refractivity contribution in [2.45, 2.75) is 6.54 Å². The van der Waals surface area contributed by atoms with Crippen molar-refractivity contribution in [3.05, 3.63) is 64.8 Å². The van der Waals surface area contributed by atoms with Gasteiger partial charge < -0.3 is 9.73 Å². The summed E-state index contributed by atoms with van der Waals surface area (Å²) in [7, 11) is 0. The predicted octanol–water partition coefficient (Wildman–Crippen LogP) is 4.76. The van der Waals surface area contributed by atoms with Gasteiger partial charge in [0.25, 0.3) is 0 Å². The van der Waals surface area contributed by atoms with Crippen molar-refractivity contribution in [2.24, 2.45) is 0 Å². The van der Waals surface area contributed by atoms with E-state index in [2.05, 4.69) is 5.32 Å². The van der Waals surface area contributed by atoms with Crippen LogP contribution in [0.25, 0.3) is 11.3 Å². The summed E-state index contributed by atoms with van der Waals surface area (Å²) in [4.78, 5) is 0. The predicted molar refractivity (Wildman–Crippen MR) is 75.7 cm³/mol. The molecule has 0 unspecified atom stereocenters. The monoisotopic (exact) mass is 273 g/mol. The second-order valence-electron chi connectivity index (χ2n) is 4.14. The molecule has 0 aliphatic rings. The van der Waals surface area contributed by atoms with Crippen molar-refractivity contribution >= 4 is 17.0 Å². The molecule has 0 radical (unpaired) electrons. The number of hydrogen-bond acceptors (Lipinski definition) is 3. The minimum atomic E-state index is -0.241. The summed E-state index contributed by atoms with van der Waals surface area (Å²) in [6.07, 6.45) is 0. The zero-order chi connectivity index (χ0) is 13.1. The molecule has 0 fully saturated rings. The Balaban J connectivity index is 1.70. The van der Waals surface area contributed by atoms with Crippen LogP contribution < -0.4 is 5.32 Å². The van der Waals surface area contributed by atoms with Gasteiger partial charge in [-0.15, -0.1) is 0 Å². The van der Waals surface area contributed by atoms with E-state index in [1.54, 1.807) is 23.5 Å². The summed E-state index contributed by atoms with van der Waals surface area (Å²) < 4.78 is 18.6. The van der Waals surface area contributed by atoms with Gasteiger partial charge in [0, 0.05) is 16.6 Å². The van der Waals surface area contributed by atoms with Gasteiger partial charge in [-0.25, -0.2) is 4.39 Å². The fourth-order valence-corrected chi connectivity index (χ4v) is 2.41. The first-order valence-electron chi connectivity index (χ1n) is 5.92. The highest BCUT2D eigenvalue weighted by molar-refractivity contribution is 7.08. The molecule has 3 aromatic rings. The third-order valence-corrected chi connectivity index (χ3v) is 3.46. The molecule has 3 rings (SSSR count). The number of thiophene rings is 1. The maximum atomic E-state index is 12.8. The molecule has 0 saturated heterocycles. The molecule has 1 N–H and O–H groups in total. The number of furan rings is 1. The molecule has 19 heavy (non-hydrogen) atoms. The summed E-state index contributed by atoms with van der Waals surface area (Å²) in [6.45, 7) is 0.637. The minimum absolute atomic E-state index is 0.241. The maximum Gasteiger partial charge on any atom is 0.134 e. The van der Waals surface area contributed by atoms with Crippen LogP contribution in [0.1, 0.15) is 5.76 Å². The zero-order valence-corrected chi connectivity index (χ0v) is 10.9. The highest BCUT2D eigenvalue weighted by Gasteiger charge is 2.05. The molecular weight excluding hydrogens is 261 g/mol. The van der Waals surface area contributed by atoms with Crippen molar-refractivity contribution in [1.29, 1.82) is 0 Å². The Morgan fingerprint density at radius 2 is 1.89 bits per heavy atom. The highest BCUT2D eigenvalue weighted by atomic mass is 32.1. The number of halogens is 1. The normalized spacial score (nSPS) is 10.6. The average Bonchev–Trinajstić information content (AvgIpc) is 3.09. The van der Waals surface area contributed by atoms with E-state index in [9.17, 15) is 4.39 Å². The van der Waals surface area contributed by atoms with Crippen molar-refractivity contribution in [2.75, 3.05) is 5.32 Å². The van der Waals surface area contributed by atoms with E-state index in [1.807, 2.05) is 29.0 Å². The van der Waals surface area contributed by atoms with Gasteiger partial charge in [0.05, 0.1) is 6.54 Å². The van der Waals surface area contributed by atoms with Gasteiger partial charge in [0.2, 0.25) is 0 Å². The van der Waals surface area contributed by atoms with Gasteiger partial charge in [-0.05, 0) is 47.8 Å². The fourth-order valence-electron chi connectivity index (χ4n) is 1.80. The largest absolute Gasteiger partial charge is 0.459 e. The van der Waals surface area contributed by atoms with E-state index in [4.69, 9.17) is 4.42 Å². The second-order valence-corrected chi connectivity index (χ2v) is 4.92. The summed E-state index contributed by atoms with van der Waals surface area (Å²) in [5, 5.41) is 7.34. The molecule has 2 heterocycles. The molecule has 96 valence electrons. The van der Waals surface area contributed by atoms with E-state index in [-0.39, 0.29) is 5.82 Å². The molecule has 0 amide bonds. The lowest BCUT2D eigenvalue weighted by Gasteiger charge is -2.01. The second kappa shape index (κ2) is 5.28. The van der Waals surface area contributed by atoms with Gasteiger partial charge in [0.1, 0.15) is 17.3 Å². The van der Waals surface area contributed by atoms with E-state index in [1.165, 1.54) is 12.1 Å². The quantitative estimate of drug-likeness (QED) is 0.741. The van der Waals surface area contributed by atoms with E-state index >= 15 is 0 Å². The Kier molecular flexibility index (Phi) is 3.33. The van der Waals surface area contributed by atoms with Crippen LogP contribution >= 0.6 is 11.3 Å². The van der Waals surface area contributed by atoms with Gasteiger partial charge in [-0.2, -0.15) is 11.3 Å². The number of nitrogens with one attached hydrogen (secondary N) is 1. The maximum absolute atomic E-state index is 12.8. The lowest BCUT2D eigenvalue weighted by atomic mass is 10.2. The van der Waals surface area contributed by atoms with Crippen molar-refractivity contribution in [3.8, 4) is 11.3 Å². The number of anilines is 1. The molecule has 0 saturated carbocycles. The van der Waals surface area contributed by atoms with Crippen LogP contribution in [-0.4, -0.2) is 0 Å². The minimum Gasteiger partial charge on any atom is -0.459 e. The molecule has 2 aromatic heterocycles. The number of benzene rings is 1. The summed E-state index contributed by atoms with van der Waals surface area (Å²) in [5.41, 5.74) is 1.97. The molecule has 0 atom stereocenters. The van der Waals surface area contributed by atoms with Gasteiger partial charge >= 0.3 is 0 Å². The zero-order valence-electron chi connectivity index (χ0n) is 10.1. The van der Waals surface area contributed by atoms with E-state index < -0.39 is 0 Å². The van der Waals surface area contributed by atoms with Crippen LogP contribution in [0.3, 0.4) is 0 Å². The van der Waals surface area contributed by atoms with Crippen LogP contribution in [0.2, 0.25) is 0 Å². The van der Waals surface area contributed by atoms with E-state index in [0.717, 1.165) is 22.8 Å². The summed E-state index contributed by atoms with van der Waals surface area (Å²) >= 11 is 1.65. The lowest BCUT2D eigenvalue weighted by Crippen LogP contribution is -1.95. The van der Waals surface area contributed by atoms with Crippen molar-refractivity contribution in [3.63, 3.8) is 0 Å². The van der Waals surface area contributed by atoms with Gasteiger partial charge in [0.15, 0.2) is 0 Å². The Labute approximate surface area is 114 Å². The first-order chi connectivity index (χ1) is 9.31. The van der Waals surface area contributed by atoms with Crippen molar-refractivity contribution < 1.29 is 8.81 Å². The molecular formula is C15H12FNOS. The van der Waals surface area contributed by atoms with Gasteiger partial charge in [-0.3, -0.25) is 0 Å². The molecule has 0 spiro atoms. The van der Waals surface area contributed by atoms with Crippen LogP contribution in [0.5, 0.6) is 0 Å². The Hall–Kier alpha value is -2.07. The third kappa shape index (κ3) is 2.85. The Morgan fingerprint density at radius 1 is 1.05 bits per heavy atom. The van der Waals surface area contributed by atoms with Gasteiger partial charge in [-0.1, -0.05) is 0 Å². The fraction of sp³-hybridized carbons (Fsp3) is 0.0667. The molecule has 0 aliphatic carbocycles.